The maximum Gasteiger partial charge on any atom is 0.254 e. The van der Waals surface area contributed by atoms with E-state index in [9.17, 15) is 23.2 Å². The van der Waals surface area contributed by atoms with Crippen LogP contribution < -0.4 is 10.6 Å². The van der Waals surface area contributed by atoms with Crippen molar-refractivity contribution in [1.82, 2.24) is 15.5 Å². The second-order valence-electron chi connectivity index (χ2n) is 5.33. The molecule has 0 radical (unpaired) electrons. The first-order valence-corrected chi connectivity index (χ1v) is 7.20. The summed E-state index contributed by atoms with van der Waals surface area (Å²) in [6.45, 7) is 1.41. The highest BCUT2D eigenvalue weighted by Crippen LogP contribution is 2.16. The minimum Gasteiger partial charge on any atom is -0.379 e. The maximum atomic E-state index is 13.2. The number of amides is 3. The van der Waals surface area contributed by atoms with E-state index in [1.165, 1.54) is 4.90 Å². The molecule has 2 aliphatic rings. The number of ether oxygens (including phenoxy) is 1. The number of rotatable bonds is 5. The average Bonchev–Trinajstić information content (AvgIpc) is 2.48. The number of piperidine rings is 1. The highest BCUT2D eigenvalue weighted by Gasteiger charge is 2.33. The van der Waals surface area contributed by atoms with Gasteiger partial charge < -0.3 is 10.1 Å². The molecule has 0 spiro atoms. The van der Waals surface area contributed by atoms with Crippen molar-refractivity contribution < 1.29 is 27.9 Å². The van der Waals surface area contributed by atoms with Gasteiger partial charge in [-0.25, -0.2) is 8.78 Å². The molecule has 124 valence electrons. The van der Waals surface area contributed by atoms with Crippen molar-refractivity contribution in [3.63, 3.8) is 0 Å². The topological polar surface area (TPSA) is 87.7 Å². The molecule has 2 rings (SSSR count). The van der Waals surface area contributed by atoms with Crippen LogP contribution in [0.15, 0.2) is 0 Å². The van der Waals surface area contributed by atoms with E-state index in [2.05, 4.69) is 10.6 Å². The van der Waals surface area contributed by atoms with Gasteiger partial charge in [0.25, 0.3) is 6.43 Å². The third-order valence-electron chi connectivity index (χ3n) is 3.77. The number of nitrogens with one attached hydrogen (secondary N) is 2. The van der Waals surface area contributed by atoms with Crippen LogP contribution in [-0.4, -0.2) is 67.4 Å². The van der Waals surface area contributed by atoms with Crippen molar-refractivity contribution in [1.29, 1.82) is 0 Å². The Labute approximate surface area is 126 Å². The Kier molecular flexibility index (Phi) is 5.78. The van der Waals surface area contributed by atoms with Crippen molar-refractivity contribution in [3.05, 3.63) is 0 Å². The van der Waals surface area contributed by atoms with Crippen LogP contribution in [0.25, 0.3) is 0 Å². The lowest BCUT2D eigenvalue weighted by molar-refractivity contribution is -0.138. The second-order valence-corrected chi connectivity index (χ2v) is 5.33. The molecular formula is C13H19F2N3O4. The first-order valence-electron chi connectivity index (χ1n) is 7.20. The number of imide groups is 1. The molecule has 2 N–H and O–H groups in total. The lowest BCUT2D eigenvalue weighted by Gasteiger charge is -2.34. The van der Waals surface area contributed by atoms with Gasteiger partial charge in [0.2, 0.25) is 17.7 Å². The molecule has 2 heterocycles. The van der Waals surface area contributed by atoms with Crippen LogP contribution in [0.3, 0.4) is 0 Å². The van der Waals surface area contributed by atoms with Crippen LogP contribution in [0.5, 0.6) is 0 Å². The Hall–Kier alpha value is -1.61. The van der Waals surface area contributed by atoms with Crippen LogP contribution in [0.4, 0.5) is 8.78 Å². The molecule has 2 unspecified atom stereocenters. The van der Waals surface area contributed by atoms with E-state index in [-0.39, 0.29) is 12.8 Å². The fraction of sp³-hybridized carbons (Fsp3) is 0.769. The molecule has 2 fully saturated rings. The van der Waals surface area contributed by atoms with E-state index in [4.69, 9.17) is 4.74 Å². The van der Waals surface area contributed by atoms with E-state index < -0.39 is 42.7 Å². The molecule has 7 nitrogen and oxygen atoms in total. The van der Waals surface area contributed by atoms with E-state index in [0.29, 0.717) is 26.3 Å². The lowest BCUT2D eigenvalue weighted by Crippen LogP contribution is -2.54. The number of nitrogens with zero attached hydrogens (tertiary/aromatic N) is 1. The molecule has 22 heavy (non-hydrogen) atoms. The zero-order valence-corrected chi connectivity index (χ0v) is 12.0. The van der Waals surface area contributed by atoms with Crippen molar-refractivity contribution in [2.45, 2.75) is 37.8 Å². The minimum absolute atomic E-state index is 0.123. The van der Waals surface area contributed by atoms with Gasteiger partial charge in [0, 0.05) is 25.9 Å². The Morgan fingerprint density at radius 2 is 2.05 bits per heavy atom. The highest BCUT2D eigenvalue weighted by atomic mass is 19.3. The zero-order chi connectivity index (χ0) is 16.1. The average molecular weight is 319 g/mol. The third kappa shape index (κ3) is 4.44. The molecule has 2 atom stereocenters. The van der Waals surface area contributed by atoms with E-state index in [1.807, 2.05) is 0 Å². The number of hydrogen-bond acceptors (Lipinski definition) is 5. The molecule has 0 aromatic rings. The Morgan fingerprint density at radius 3 is 2.64 bits per heavy atom. The second kappa shape index (κ2) is 7.59. The fourth-order valence-corrected chi connectivity index (χ4v) is 2.56. The molecule has 9 heteroatoms. The summed E-state index contributed by atoms with van der Waals surface area (Å²) >= 11 is 0. The molecule has 0 saturated carbocycles. The molecule has 2 aliphatic heterocycles. The van der Waals surface area contributed by atoms with Crippen LogP contribution >= 0.6 is 0 Å². The molecule has 0 aliphatic carbocycles. The number of carbonyl (C=O) groups excluding carboxylic acids is 3. The van der Waals surface area contributed by atoms with Gasteiger partial charge in [0.1, 0.15) is 6.04 Å². The van der Waals surface area contributed by atoms with Gasteiger partial charge >= 0.3 is 0 Å². The van der Waals surface area contributed by atoms with Crippen LogP contribution in [0.1, 0.15) is 19.3 Å². The Morgan fingerprint density at radius 1 is 1.36 bits per heavy atom. The molecule has 0 aromatic heterocycles. The number of carbonyl (C=O) groups is 3. The van der Waals surface area contributed by atoms with E-state index in [0.717, 1.165) is 0 Å². The summed E-state index contributed by atoms with van der Waals surface area (Å²) in [7, 11) is 0. The van der Waals surface area contributed by atoms with Gasteiger partial charge in [-0.1, -0.05) is 0 Å². The van der Waals surface area contributed by atoms with Gasteiger partial charge in [-0.15, -0.1) is 0 Å². The predicted octanol–water partition coefficient (Wildman–Crippen LogP) is -0.736. The predicted molar refractivity (Wildman–Crippen MR) is 71.1 cm³/mol. The number of alkyl halides is 2. The van der Waals surface area contributed by atoms with Crippen molar-refractivity contribution in [2.24, 2.45) is 0 Å². The number of hydrogen-bond donors (Lipinski definition) is 2. The molecule has 0 bridgehead atoms. The van der Waals surface area contributed by atoms with Crippen molar-refractivity contribution in [3.8, 4) is 0 Å². The smallest absolute Gasteiger partial charge is 0.254 e. The van der Waals surface area contributed by atoms with Gasteiger partial charge in [0.15, 0.2) is 0 Å². The largest absolute Gasteiger partial charge is 0.379 e. The molecule has 2 saturated heterocycles. The zero-order valence-electron chi connectivity index (χ0n) is 12.0. The van der Waals surface area contributed by atoms with Gasteiger partial charge in [-0.3, -0.25) is 24.6 Å². The summed E-state index contributed by atoms with van der Waals surface area (Å²) in [5.74, 6) is -1.61. The van der Waals surface area contributed by atoms with Crippen LogP contribution in [0.2, 0.25) is 0 Å². The first kappa shape index (κ1) is 16.8. The standard InChI is InChI=1S/C13H19F2N3O4/c14-12(15)9(18-3-5-22-6-4-18)7-11(20)16-8-1-2-10(19)17-13(8)21/h8-9,12H,1-7H2,(H,16,20)(H,17,19,21). The highest BCUT2D eigenvalue weighted by molar-refractivity contribution is 6.01. The first-order chi connectivity index (χ1) is 10.5. The summed E-state index contributed by atoms with van der Waals surface area (Å²) in [6.07, 6.45) is -2.74. The van der Waals surface area contributed by atoms with Crippen LogP contribution in [-0.2, 0) is 19.1 Å². The molecule has 0 aromatic carbocycles. The fourth-order valence-electron chi connectivity index (χ4n) is 2.56. The summed E-state index contributed by atoms with van der Waals surface area (Å²) in [6, 6.07) is -2.04. The Bertz CT molecular complexity index is 441. The molecule has 3 amide bonds. The van der Waals surface area contributed by atoms with Crippen LogP contribution in [0, 0.1) is 0 Å². The third-order valence-corrected chi connectivity index (χ3v) is 3.77. The number of halogens is 2. The van der Waals surface area contributed by atoms with Crippen molar-refractivity contribution >= 4 is 17.7 Å². The monoisotopic (exact) mass is 319 g/mol. The van der Waals surface area contributed by atoms with Crippen molar-refractivity contribution in [2.75, 3.05) is 26.3 Å². The Balaban J connectivity index is 1.88. The summed E-state index contributed by atoms with van der Waals surface area (Å²) in [5, 5.41) is 4.53. The maximum absolute atomic E-state index is 13.2. The summed E-state index contributed by atoms with van der Waals surface area (Å²) < 4.78 is 31.4. The SMILES string of the molecule is O=C1CCC(NC(=O)CC(C(F)F)N2CCOCC2)C(=O)N1. The normalized spacial score (nSPS) is 25.0. The minimum atomic E-state index is -2.66. The van der Waals surface area contributed by atoms with E-state index in [1.54, 1.807) is 0 Å². The van der Waals surface area contributed by atoms with Gasteiger partial charge in [-0.2, -0.15) is 0 Å². The lowest BCUT2D eigenvalue weighted by atomic mass is 10.1. The quantitative estimate of drug-likeness (QED) is 0.652. The van der Waals surface area contributed by atoms with E-state index >= 15 is 0 Å². The molecular weight excluding hydrogens is 300 g/mol. The van der Waals surface area contributed by atoms with Gasteiger partial charge in [-0.05, 0) is 6.42 Å². The summed E-state index contributed by atoms with van der Waals surface area (Å²) in [4.78, 5) is 36.0. The van der Waals surface area contributed by atoms with Gasteiger partial charge in [0.05, 0.1) is 19.3 Å². The summed E-state index contributed by atoms with van der Waals surface area (Å²) in [5.41, 5.74) is 0. The number of morpholine rings is 1.